The molecular weight excluding hydrogens is 304 g/mol. The number of nitrogens with zero attached hydrogens (tertiary/aromatic N) is 4. The van der Waals surface area contributed by atoms with E-state index in [2.05, 4.69) is 51.1 Å². The number of anilines is 2. The van der Waals surface area contributed by atoms with Crippen LogP contribution in [0.4, 0.5) is 11.6 Å². The number of aromatic nitrogens is 2. The first-order valence-corrected chi connectivity index (χ1v) is 8.21. The summed E-state index contributed by atoms with van der Waals surface area (Å²) in [7, 11) is 5.37. The highest BCUT2D eigenvalue weighted by Crippen LogP contribution is 2.26. The molecule has 0 amide bonds. The van der Waals surface area contributed by atoms with Crippen molar-refractivity contribution in [3.63, 3.8) is 0 Å². The van der Waals surface area contributed by atoms with Crippen LogP contribution in [0.5, 0.6) is 11.8 Å². The molecule has 1 aromatic carbocycles. The van der Waals surface area contributed by atoms with Crippen LogP contribution in [0.2, 0.25) is 0 Å². The van der Waals surface area contributed by atoms with Crippen LogP contribution in [-0.4, -0.2) is 50.4 Å². The van der Waals surface area contributed by atoms with Crippen molar-refractivity contribution in [1.29, 1.82) is 0 Å². The van der Waals surface area contributed by atoms with Gasteiger partial charge in [-0.3, -0.25) is 0 Å². The lowest BCUT2D eigenvalue weighted by Gasteiger charge is -2.37. The molecule has 0 N–H and O–H groups in total. The molecule has 0 unspecified atom stereocenters. The van der Waals surface area contributed by atoms with Crippen molar-refractivity contribution in [3.05, 3.63) is 36.4 Å². The van der Waals surface area contributed by atoms with E-state index in [1.165, 1.54) is 5.69 Å². The minimum Gasteiger partial charge on any atom is -0.481 e. The van der Waals surface area contributed by atoms with Crippen LogP contribution in [-0.2, 0) is 0 Å². The highest BCUT2D eigenvalue weighted by atomic mass is 16.5. The number of hydrogen-bond acceptors (Lipinski definition) is 6. The molecule has 1 fully saturated rings. The van der Waals surface area contributed by atoms with Crippen molar-refractivity contribution < 1.29 is 9.47 Å². The van der Waals surface area contributed by atoms with E-state index in [4.69, 9.17) is 9.47 Å². The molecule has 1 aromatic heterocycles. The van der Waals surface area contributed by atoms with E-state index in [1.807, 2.05) is 6.07 Å². The molecule has 0 atom stereocenters. The largest absolute Gasteiger partial charge is 0.481 e. The Labute approximate surface area is 143 Å². The van der Waals surface area contributed by atoms with Crippen molar-refractivity contribution >= 4 is 11.6 Å². The Balaban J connectivity index is 1.67. The van der Waals surface area contributed by atoms with Gasteiger partial charge in [0.15, 0.2) is 0 Å². The predicted octanol–water partition coefficient (Wildman–Crippen LogP) is 2.60. The highest BCUT2D eigenvalue weighted by Gasteiger charge is 2.24. The van der Waals surface area contributed by atoms with Crippen molar-refractivity contribution in [3.8, 4) is 11.8 Å². The third kappa shape index (κ3) is 3.53. The predicted molar refractivity (Wildman–Crippen MR) is 95.2 cm³/mol. The van der Waals surface area contributed by atoms with Gasteiger partial charge in [0, 0.05) is 31.9 Å². The van der Waals surface area contributed by atoms with E-state index in [0.29, 0.717) is 23.8 Å². The topological polar surface area (TPSA) is 50.7 Å². The number of piperidine rings is 1. The average Bonchev–Trinajstić information content (AvgIpc) is 2.67. The Morgan fingerprint density at radius 2 is 1.58 bits per heavy atom. The van der Waals surface area contributed by atoms with Gasteiger partial charge >= 0.3 is 0 Å². The molecule has 3 rings (SSSR count). The third-order valence-electron chi connectivity index (χ3n) is 4.54. The summed E-state index contributed by atoms with van der Waals surface area (Å²) in [5, 5.41) is 0. The van der Waals surface area contributed by atoms with Gasteiger partial charge in [-0.2, -0.15) is 9.97 Å². The molecule has 0 saturated carbocycles. The molecule has 1 saturated heterocycles. The van der Waals surface area contributed by atoms with E-state index >= 15 is 0 Å². The molecule has 6 heteroatoms. The van der Waals surface area contributed by atoms with Gasteiger partial charge < -0.3 is 19.3 Å². The first kappa shape index (κ1) is 16.4. The van der Waals surface area contributed by atoms with Gasteiger partial charge in [-0.1, -0.05) is 18.2 Å². The van der Waals surface area contributed by atoms with Crippen LogP contribution in [0.25, 0.3) is 0 Å². The number of ether oxygens (including phenoxy) is 2. The van der Waals surface area contributed by atoms with E-state index in [0.717, 1.165) is 25.9 Å². The van der Waals surface area contributed by atoms with Crippen LogP contribution in [0.3, 0.4) is 0 Å². The molecule has 0 spiro atoms. The van der Waals surface area contributed by atoms with Crippen molar-refractivity contribution in [2.24, 2.45) is 0 Å². The number of hydrogen-bond donors (Lipinski definition) is 0. The van der Waals surface area contributed by atoms with E-state index < -0.39 is 0 Å². The van der Waals surface area contributed by atoms with Crippen LogP contribution in [0, 0.1) is 0 Å². The molecule has 0 bridgehead atoms. The molecule has 2 heterocycles. The maximum atomic E-state index is 5.24. The molecule has 0 aliphatic carbocycles. The summed E-state index contributed by atoms with van der Waals surface area (Å²) in [5.74, 6) is 1.73. The Bertz CT molecular complexity index is 635. The fourth-order valence-electron chi connectivity index (χ4n) is 3.07. The minimum atomic E-state index is 0.524. The quantitative estimate of drug-likeness (QED) is 0.841. The lowest BCUT2D eigenvalue weighted by molar-refractivity contribution is 0.370. The standard InChI is InChI=1S/C18H24N4O2/c1-21(14-7-5-4-6-8-14)15-9-11-22(12-10-15)18-19-16(23-2)13-17(20-18)24-3/h4-8,13,15H,9-12H2,1-3H3. The lowest BCUT2D eigenvalue weighted by Crippen LogP contribution is -2.44. The number of benzene rings is 1. The maximum absolute atomic E-state index is 5.24. The zero-order valence-corrected chi connectivity index (χ0v) is 14.5. The van der Waals surface area contributed by atoms with E-state index in [9.17, 15) is 0 Å². The van der Waals surface area contributed by atoms with Crippen LogP contribution >= 0.6 is 0 Å². The van der Waals surface area contributed by atoms with Crippen molar-refractivity contribution in [1.82, 2.24) is 9.97 Å². The monoisotopic (exact) mass is 328 g/mol. The summed E-state index contributed by atoms with van der Waals surface area (Å²) in [6.07, 6.45) is 2.13. The smallest absolute Gasteiger partial charge is 0.231 e. The second kappa shape index (κ2) is 7.38. The molecule has 6 nitrogen and oxygen atoms in total. The molecule has 2 aromatic rings. The van der Waals surface area contributed by atoms with Gasteiger partial charge in [-0.05, 0) is 25.0 Å². The van der Waals surface area contributed by atoms with Crippen molar-refractivity contribution in [2.45, 2.75) is 18.9 Å². The first-order chi connectivity index (χ1) is 11.7. The van der Waals surface area contributed by atoms with Gasteiger partial charge in [-0.15, -0.1) is 0 Å². The SMILES string of the molecule is COc1cc(OC)nc(N2CCC(N(C)c3ccccc3)CC2)n1. The normalized spacial score (nSPS) is 15.2. The Morgan fingerprint density at radius 3 is 2.12 bits per heavy atom. The van der Waals surface area contributed by atoms with Crippen molar-refractivity contribution in [2.75, 3.05) is 44.2 Å². The summed E-state index contributed by atoms with van der Waals surface area (Å²) in [6, 6.07) is 12.7. The summed E-state index contributed by atoms with van der Waals surface area (Å²) in [5.41, 5.74) is 1.26. The zero-order chi connectivity index (χ0) is 16.9. The summed E-state index contributed by atoms with van der Waals surface area (Å²) >= 11 is 0. The highest BCUT2D eigenvalue weighted by molar-refractivity contribution is 5.47. The van der Waals surface area contributed by atoms with Crippen LogP contribution in [0.1, 0.15) is 12.8 Å². The van der Waals surface area contributed by atoms with Gasteiger partial charge in [0.05, 0.1) is 20.3 Å². The molecular formula is C18H24N4O2. The first-order valence-electron chi connectivity index (χ1n) is 8.21. The van der Waals surface area contributed by atoms with Crippen LogP contribution in [0.15, 0.2) is 36.4 Å². The maximum Gasteiger partial charge on any atom is 0.231 e. The minimum absolute atomic E-state index is 0.524. The number of para-hydroxylation sites is 1. The van der Waals surface area contributed by atoms with Crippen LogP contribution < -0.4 is 19.3 Å². The van der Waals surface area contributed by atoms with E-state index in [-0.39, 0.29) is 0 Å². The van der Waals surface area contributed by atoms with Gasteiger partial charge in [0.2, 0.25) is 17.7 Å². The third-order valence-corrected chi connectivity index (χ3v) is 4.54. The molecule has 1 aliphatic rings. The Hall–Kier alpha value is -2.50. The summed E-state index contributed by atoms with van der Waals surface area (Å²) < 4.78 is 10.5. The zero-order valence-electron chi connectivity index (χ0n) is 14.5. The summed E-state index contributed by atoms with van der Waals surface area (Å²) in [4.78, 5) is 13.5. The Morgan fingerprint density at radius 1 is 1.00 bits per heavy atom. The molecule has 128 valence electrons. The Kier molecular flexibility index (Phi) is 5.03. The fourth-order valence-corrected chi connectivity index (χ4v) is 3.07. The van der Waals surface area contributed by atoms with Gasteiger partial charge in [-0.25, -0.2) is 0 Å². The second-order valence-electron chi connectivity index (χ2n) is 5.92. The summed E-state index contributed by atoms with van der Waals surface area (Å²) in [6.45, 7) is 1.83. The van der Waals surface area contributed by atoms with Gasteiger partial charge in [0.25, 0.3) is 0 Å². The average molecular weight is 328 g/mol. The fraction of sp³-hybridized carbons (Fsp3) is 0.444. The van der Waals surface area contributed by atoms with Gasteiger partial charge in [0.1, 0.15) is 0 Å². The molecule has 1 aliphatic heterocycles. The van der Waals surface area contributed by atoms with E-state index in [1.54, 1.807) is 20.3 Å². The molecule has 24 heavy (non-hydrogen) atoms. The lowest BCUT2D eigenvalue weighted by atomic mass is 10.0. The molecule has 0 radical (unpaired) electrons. The number of methoxy groups -OCH3 is 2. The number of rotatable bonds is 5. The second-order valence-corrected chi connectivity index (χ2v) is 5.92.